The second-order valence-electron chi connectivity index (χ2n) is 5.71. The minimum Gasteiger partial charge on any atom is -0.496 e. The highest BCUT2D eigenvalue weighted by molar-refractivity contribution is 5.41. The fourth-order valence-corrected chi connectivity index (χ4v) is 2.39. The number of ether oxygens (including phenoxy) is 1. The molecule has 0 spiro atoms. The minimum atomic E-state index is -0.461. The van der Waals surface area contributed by atoms with Crippen LogP contribution in [0.4, 0.5) is 0 Å². The van der Waals surface area contributed by atoms with E-state index in [0.29, 0.717) is 5.92 Å². The smallest absolute Gasteiger partial charge is 0.122 e. The van der Waals surface area contributed by atoms with Crippen molar-refractivity contribution < 1.29 is 4.74 Å². The lowest BCUT2D eigenvalue weighted by molar-refractivity contribution is 0.343. The summed E-state index contributed by atoms with van der Waals surface area (Å²) in [6.07, 6.45) is 0. The minimum absolute atomic E-state index is 0.000839. The first kappa shape index (κ1) is 15.5. The van der Waals surface area contributed by atoms with Crippen LogP contribution < -0.4 is 10.1 Å². The number of hydrogen-bond acceptors (Lipinski definition) is 3. The summed E-state index contributed by atoms with van der Waals surface area (Å²) in [4.78, 5) is 0. The van der Waals surface area contributed by atoms with E-state index >= 15 is 0 Å². The summed E-state index contributed by atoms with van der Waals surface area (Å²) >= 11 is 0. The van der Waals surface area contributed by atoms with E-state index in [0.717, 1.165) is 11.3 Å². The summed E-state index contributed by atoms with van der Waals surface area (Å²) < 4.78 is 5.40. The molecule has 0 aliphatic carbocycles. The Morgan fingerprint density at radius 2 is 1.95 bits per heavy atom. The molecule has 104 valence electrons. The SMILES string of the molecule is CNC(c1ccc(OC)c(C(C)C)c1)C(C)(C)C#N. The second-order valence-corrected chi connectivity index (χ2v) is 5.71. The molecule has 0 amide bonds. The maximum Gasteiger partial charge on any atom is 0.122 e. The van der Waals surface area contributed by atoms with Crippen LogP contribution in [0.5, 0.6) is 5.75 Å². The van der Waals surface area contributed by atoms with Gasteiger partial charge in [-0.25, -0.2) is 0 Å². The van der Waals surface area contributed by atoms with E-state index < -0.39 is 5.41 Å². The standard InChI is InChI=1S/C16H24N2O/c1-11(2)13-9-12(7-8-14(13)19-6)15(18-5)16(3,4)10-17/h7-9,11,15,18H,1-6H3. The monoisotopic (exact) mass is 260 g/mol. The van der Waals surface area contributed by atoms with Crippen LogP contribution >= 0.6 is 0 Å². The average molecular weight is 260 g/mol. The third-order valence-corrected chi connectivity index (χ3v) is 3.51. The molecule has 0 bridgehead atoms. The van der Waals surface area contributed by atoms with E-state index in [9.17, 15) is 5.26 Å². The molecular formula is C16H24N2O. The van der Waals surface area contributed by atoms with Crippen molar-refractivity contribution in [1.29, 1.82) is 5.26 Å². The molecule has 0 saturated carbocycles. The van der Waals surface area contributed by atoms with Gasteiger partial charge in [-0.05, 0) is 44.0 Å². The molecule has 3 nitrogen and oxygen atoms in total. The Hall–Kier alpha value is -1.53. The van der Waals surface area contributed by atoms with Gasteiger partial charge in [0.05, 0.1) is 24.6 Å². The number of benzene rings is 1. The summed E-state index contributed by atoms with van der Waals surface area (Å²) in [6.45, 7) is 8.19. The van der Waals surface area contributed by atoms with E-state index in [-0.39, 0.29) is 6.04 Å². The summed E-state index contributed by atoms with van der Waals surface area (Å²) in [6, 6.07) is 8.54. The number of rotatable bonds is 5. The van der Waals surface area contributed by atoms with Crippen molar-refractivity contribution in [3.8, 4) is 11.8 Å². The zero-order valence-corrected chi connectivity index (χ0v) is 12.7. The maximum absolute atomic E-state index is 9.32. The van der Waals surface area contributed by atoms with Crippen molar-refractivity contribution in [2.24, 2.45) is 5.41 Å². The van der Waals surface area contributed by atoms with Gasteiger partial charge in [0.2, 0.25) is 0 Å². The first-order valence-electron chi connectivity index (χ1n) is 6.63. The van der Waals surface area contributed by atoms with Crippen molar-refractivity contribution in [2.45, 2.75) is 39.7 Å². The number of nitriles is 1. The molecule has 1 N–H and O–H groups in total. The van der Waals surface area contributed by atoms with E-state index in [2.05, 4.69) is 31.3 Å². The van der Waals surface area contributed by atoms with Gasteiger partial charge in [-0.1, -0.05) is 26.0 Å². The molecule has 0 radical (unpaired) electrons. The fraction of sp³-hybridized carbons (Fsp3) is 0.562. The lowest BCUT2D eigenvalue weighted by Crippen LogP contribution is -2.31. The molecule has 1 aromatic rings. The molecule has 1 unspecified atom stereocenters. The lowest BCUT2D eigenvalue weighted by Gasteiger charge is -2.29. The van der Waals surface area contributed by atoms with Crippen molar-refractivity contribution in [3.63, 3.8) is 0 Å². The Morgan fingerprint density at radius 1 is 1.32 bits per heavy atom. The Balaban J connectivity index is 3.28. The van der Waals surface area contributed by atoms with Gasteiger partial charge in [-0.3, -0.25) is 0 Å². The van der Waals surface area contributed by atoms with Gasteiger partial charge in [-0.15, -0.1) is 0 Å². The quantitative estimate of drug-likeness (QED) is 0.879. The van der Waals surface area contributed by atoms with Crippen LogP contribution in [-0.4, -0.2) is 14.2 Å². The lowest BCUT2D eigenvalue weighted by atomic mass is 9.81. The van der Waals surface area contributed by atoms with Gasteiger partial charge < -0.3 is 10.1 Å². The number of methoxy groups -OCH3 is 1. The number of hydrogen-bond donors (Lipinski definition) is 1. The molecule has 0 saturated heterocycles. The molecule has 1 atom stereocenters. The highest BCUT2D eigenvalue weighted by Gasteiger charge is 2.30. The second kappa shape index (κ2) is 6.08. The molecule has 0 aromatic heterocycles. The normalized spacial score (nSPS) is 13.2. The summed E-state index contributed by atoms with van der Waals surface area (Å²) in [5.41, 5.74) is 1.84. The maximum atomic E-state index is 9.32. The topological polar surface area (TPSA) is 45.0 Å². The molecular weight excluding hydrogens is 236 g/mol. The molecule has 0 aliphatic rings. The first-order valence-corrected chi connectivity index (χ1v) is 6.63. The molecule has 0 fully saturated rings. The van der Waals surface area contributed by atoms with Crippen LogP contribution in [0.2, 0.25) is 0 Å². The highest BCUT2D eigenvalue weighted by atomic mass is 16.5. The average Bonchev–Trinajstić information content (AvgIpc) is 2.39. The molecule has 1 rings (SSSR count). The molecule has 1 aromatic carbocycles. The largest absolute Gasteiger partial charge is 0.496 e. The van der Waals surface area contributed by atoms with Gasteiger partial charge in [0.25, 0.3) is 0 Å². The van der Waals surface area contributed by atoms with Crippen molar-refractivity contribution in [3.05, 3.63) is 29.3 Å². The third kappa shape index (κ3) is 3.27. The van der Waals surface area contributed by atoms with Gasteiger partial charge in [0.1, 0.15) is 5.75 Å². The predicted molar refractivity (Wildman–Crippen MR) is 78.3 cm³/mol. The predicted octanol–water partition coefficient (Wildman–Crippen LogP) is 3.63. The van der Waals surface area contributed by atoms with Crippen LogP contribution in [0.3, 0.4) is 0 Å². The Kier molecular flexibility index (Phi) is 4.97. The van der Waals surface area contributed by atoms with Crippen LogP contribution in [0.15, 0.2) is 18.2 Å². The van der Waals surface area contributed by atoms with Crippen molar-refractivity contribution in [1.82, 2.24) is 5.32 Å². The number of nitrogens with one attached hydrogen (secondary N) is 1. The van der Waals surface area contributed by atoms with Gasteiger partial charge in [0, 0.05) is 0 Å². The van der Waals surface area contributed by atoms with Gasteiger partial charge in [0.15, 0.2) is 0 Å². The number of nitrogens with zero attached hydrogens (tertiary/aromatic N) is 1. The first-order chi connectivity index (χ1) is 8.87. The van der Waals surface area contributed by atoms with E-state index in [1.165, 1.54) is 5.56 Å². The van der Waals surface area contributed by atoms with Crippen LogP contribution in [-0.2, 0) is 0 Å². The van der Waals surface area contributed by atoms with Crippen LogP contribution in [0, 0.1) is 16.7 Å². The Bertz CT molecular complexity index is 472. The van der Waals surface area contributed by atoms with Gasteiger partial charge in [-0.2, -0.15) is 5.26 Å². The zero-order chi connectivity index (χ0) is 14.6. The third-order valence-electron chi connectivity index (χ3n) is 3.51. The summed E-state index contributed by atoms with van der Waals surface area (Å²) in [5.74, 6) is 1.29. The molecule has 3 heteroatoms. The van der Waals surface area contributed by atoms with Crippen molar-refractivity contribution >= 4 is 0 Å². The molecule has 0 heterocycles. The highest BCUT2D eigenvalue weighted by Crippen LogP contribution is 2.36. The van der Waals surface area contributed by atoms with Crippen LogP contribution in [0.1, 0.15) is 50.8 Å². The zero-order valence-electron chi connectivity index (χ0n) is 12.7. The van der Waals surface area contributed by atoms with Crippen LogP contribution in [0.25, 0.3) is 0 Å². The molecule has 19 heavy (non-hydrogen) atoms. The van der Waals surface area contributed by atoms with E-state index in [4.69, 9.17) is 4.74 Å². The Morgan fingerprint density at radius 3 is 2.37 bits per heavy atom. The van der Waals surface area contributed by atoms with E-state index in [1.54, 1.807) is 7.11 Å². The van der Waals surface area contributed by atoms with Crippen molar-refractivity contribution in [2.75, 3.05) is 14.2 Å². The van der Waals surface area contributed by atoms with E-state index in [1.807, 2.05) is 33.0 Å². The molecule has 0 aliphatic heterocycles. The van der Waals surface area contributed by atoms with Gasteiger partial charge >= 0.3 is 0 Å². The fourth-order valence-electron chi connectivity index (χ4n) is 2.39. The Labute approximate surface area is 116 Å². The summed E-state index contributed by atoms with van der Waals surface area (Å²) in [7, 11) is 3.58. The summed E-state index contributed by atoms with van der Waals surface area (Å²) in [5, 5.41) is 12.6.